The van der Waals surface area contributed by atoms with Gasteiger partial charge in [0.1, 0.15) is 5.60 Å². The zero-order chi connectivity index (χ0) is 22.5. The molecule has 1 unspecified atom stereocenters. The van der Waals surface area contributed by atoms with Crippen LogP contribution in [0.1, 0.15) is 27.2 Å². The molecule has 1 aromatic rings. The maximum absolute atomic E-state index is 13.7. The molecule has 0 spiro atoms. The predicted octanol–water partition coefficient (Wildman–Crippen LogP) is 2.22. The van der Waals surface area contributed by atoms with Crippen LogP contribution in [0.4, 0.5) is 23.7 Å². The lowest BCUT2D eigenvalue weighted by molar-refractivity contribution is -0.115. The zero-order valence-electron chi connectivity index (χ0n) is 17.3. The Balaban J connectivity index is 1.84. The van der Waals surface area contributed by atoms with E-state index in [1.54, 1.807) is 20.8 Å². The number of benzene rings is 1. The van der Waals surface area contributed by atoms with Crippen LogP contribution in [-0.2, 0) is 9.53 Å². The maximum atomic E-state index is 13.7. The average Bonchev–Trinajstić information content (AvgIpc) is 3.09. The number of halogens is 3. The van der Waals surface area contributed by atoms with Gasteiger partial charge in [0.05, 0.1) is 18.3 Å². The SMILES string of the molecule is CN=C(NCC(=O)Nc1ccc(F)c(F)c1F)N1CCC(NC(=O)OC(C)(C)C)C1. The van der Waals surface area contributed by atoms with Crippen molar-refractivity contribution in [3.63, 3.8) is 0 Å². The molecule has 1 fully saturated rings. The second-order valence-corrected chi connectivity index (χ2v) is 7.75. The molecule has 1 saturated heterocycles. The van der Waals surface area contributed by atoms with Gasteiger partial charge in [-0.3, -0.25) is 9.79 Å². The summed E-state index contributed by atoms with van der Waals surface area (Å²) in [6.07, 6.45) is 0.150. The van der Waals surface area contributed by atoms with Crippen molar-refractivity contribution in [2.24, 2.45) is 4.99 Å². The van der Waals surface area contributed by atoms with E-state index in [0.29, 0.717) is 25.5 Å². The highest BCUT2D eigenvalue weighted by Gasteiger charge is 2.28. The van der Waals surface area contributed by atoms with Crippen LogP contribution in [0.25, 0.3) is 0 Å². The molecule has 1 aromatic carbocycles. The third-order valence-corrected chi connectivity index (χ3v) is 4.14. The third kappa shape index (κ3) is 6.53. The number of amides is 2. The predicted molar refractivity (Wildman–Crippen MR) is 106 cm³/mol. The average molecular weight is 429 g/mol. The lowest BCUT2D eigenvalue weighted by atomic mass is 10.2. The van der Waals surface area contributed by atoms with E-state index >= 15 is 0 Å². The van der Waals surface area contributed by atoms with Gasteiger partial charge in [-0.25, -0.2) is 18.0 Å². The first-order valence-corrected chi connectivity index (χ1v) is 9.38. The fourth-order valence-electron chi connectivity index (χ4n) is 2.85. The Kier molecular flexibility index (Phi) is 7.52. The van der Waals surface area contributed by atoms with E-state index in [1.165, 1.54) is 7.05 Å². The molecule has 30 heavy (non-hydrogen) atoms. The Bertz CT molecular complexity index is 826. The van der Waals surface area contributed by atoms with Crippen molar-refractivity contribution >= 4 is 23.6 Å². The molecule has 0 radical (unpaired) electrons. The normalized spacial score (nSPS) is 17.0. The van der Waals surface area contributed by atoms with Gasteiger partial charge in [0, 0.05) is 20.1 Å². The van der Waals surface area contributed by atoms with Gasteiger partial charge in [0.15, 0.2) is 23.4 Å². The van der Waals surface area contributed by atoms with Crippen molar-refractivity contribution in [2.45, 2.75) is 38.8 Å². The summed E-state index contributed by atoms with van der Waals surface area (Å²) in [5.41, 5.74) is -1.06. The molecule has 0 aromatic heterocycles. The standard InChI is InChI=1S/C19H26F3N5O3/c1-19(2,3)30-18(29)25-11-7-8-27(10-11)17(23-4)24-9-14(28)26-13-6-5-12(20)15(21)16(13)22/h5-6,11H,7-10H2,1-4H3,(H,23,24)(H,25,29)(H,26,28). The Morgan fingerprint density at radius 2 is 1.93 bits per heavy atom. The Morgan fingerprint density at radius 1 is 1.23 bits per heavy atom. The van der Waals surface area contributed by atoms with E-state index in [4.69, 9.17) is 4.74 Å². The number of nitrogens with zero attached hydrogens (tertiary/aromatic N) is 2. The van der Waals surface area contributed by atoms with E-state index in [1.807, 2.05) is 4.90 Å². The number of hydrogen-bond acceptors (Lipinski definition) is 4. The molecule has 0 saturated carbocycles. The van der Waals surface area contributed by atoms with E-state index in [-0.39, 0.29) is 12.6 Å². The van der Waals surface area contributed by atoms with E-state index in [2.05, 4.69) is 20.9 Å². The highest BCUT2D eigenvalue weighted by molar-refractivity contribution is 5.95. The van der Waals surface area contributed by atoms with Crippen molar-refractivity contribution < 1.29 is 27.5 Å². The van der Waals surface area contributed by atoms with Crippen LogP contribution in [0.2, 0.25) is 0 Å². The summed E-state index contributed by atoms with van der Waals surface area (Å²) in [4.78, 5) is 29.9. The van der Waals surface area contributed by atoms with Crippen molar-refractivity contribution in [1.29, 1.82) is 0 Å². The highest BCUT2D eigenvalue weighted by Crippen LogP contribution is 2.19. The number of aliphatic imine (C=N–C) groups is 1. The first-order valence-electron chi connectivity index (χ1n) is 9.38. The van der Waals surface area contributed by atoms with Crippen molar-refractivity contribution in [2.75, 3.05) is 32.0 Å². The molecule has 0 bridgehead atoms. The lowest BCUT2D eigenvalue weighted by Gasteiger charge is -2.23. The van der Waals surface area contributed by atoms with Crippen LogP contribution in [0.5, 0.6) is 0 Å². The third-order valence-electron chi connectivity index (χ3n) is 4.14. The minimum Gasteiger partial charge on any atom is -0.444 e. The molecule has 11 heteroatoms. The van der Waals surface area contributed by atoms with Crippen LogP contribution in [0.15, 0.2) is 17.1 Å². The molecule has 3 N–H and O–H groups in total. The molecule has 1 atom stereocenters. The van der Waals surface area contributed by atoms with E-state index in [0.717, 1.165) is 12.1 Å². The van der Waals surface area contributed by atoms with E-state index < -0.39 is 40.7 Å². The van der Waals surface area contributed by atoms with Crippen LogP contribution in [0, 0.1) is 17.5 Å². The number of hydrogen-bond donors (Lipinski definition) is 3. The molecule has 2 amide bonds. The van der Waals surface area contributed by atoms with Gasteiger partial charge in [0.25, 0.3) is 0 Å². The van der Waals surface area contributed by atoms with Gasteiger partial charge < -0.3 is 25.6 Å². The molecule has 1 heterocycles. The summed E-state index contributed by atoms with van der Waals surface area (Å²) in [5.74, 6) is -4.72. The van der Waals surface area contributed by atoms with Crippen LogP contribution >= 0.6 is 0 Å². The van der Waals surface area contributed by atoms with Gasteiger partial charge in [-0.15, -0.1) is 0 Å². The fraction of sp³-hybridized carbons (Fsp3) is 0.526. The van der Waals surface area contributed by atoms with Gasteiger partial charge >= 0.3 is 6.09 Å². The van der Waals surface area contributed by atoms with Gasteiger partial charge in [0.2, 0.25) is 5.91 Å². The van der Waals surface area contributed by atoms with Crippen LogP contribution < -0.4 is 16.0 Å². The quantitative estimate of drug-likeness (QED) is 0.388. The van der Waals surface area contributed by atoms with Crippen molar-refractivity contribution in [1.82, 2.24) is 15.5 Å². The second kappa shape index (κ2) is 9.68. The number of alkyl carbamates (subject to hydrolysis) is 1. The molecule has 1 aliphatic rings. The maximum Gasteiger partial charge on any atom is 0.407 e. The minimum atomic E-state index is -1.66. The number of anilines is 1. The number of likely N-dealkylation sites (tertiary alicyclic amines) is 1. The van der Waals surface area contributed by atoms with E-state index in [9.17, 15) is 22.8 Å². The number of nitrogens with one attached hydrogen (secondary N) is 3. The molecular weight excluding hydrogens is 403 g/mol. The number of carbonyl (C=O) groups is 2. The molecule has 166 valence electrons. The highest BCUT2D eigenvalue weighted by atomic mass is 19.2. The summed E-state index contributed by atoms with van der Waals surface area (Å²) in [5, 5.41) is 7.78. The first kappa shape index (κ1) is 23.3. The smallest absolute Gasteiger partial charge is 0.407 e. The summed E-state index contributed by atoms with van der Waals surface area (Å²) in [6.45, 7) is 6.09. The van der Waals surface area contributed by atoms with Crippen LogP contribution in [-0.4, -0.2) is 61.2 Å². The van der Waals surface area contributed by atoms with Gasteiger partial charge in [-0.05, 0) is 39.3 Å². The molecule has 8 nitrogen and oxygen atoms in total. The largest absolute Gasteiger partial charge is 0.444 e. The molecule has 0 aliphatic carbocycles. The molecule has 1 aliphatic heterocycles. The minimum absolute atomic E-state index is 0.150. The molecule has 2 rings (SSSR count). The fourth-order valence-corrected chi connectivity index (χ4v) is 2.85. The summed E-state index contributed by atoms with van der Waals surface area (Å²) in [7, 11) is 1.53. The second-order valence-electron chi connectivity index (χ2n) is 7.75. The van der Waals surface area contributed by atoms with Crippen molar-refractivity contribution in [3.8, 4) is 0 Å². The summed E-state index contributed by atoms with van der Waals surface area (Å²) >= 11 is 0. The van der Waals surface area contributed by atoms with Crippen LogP contribution in [0.3, 0.4) is 0 Å². The summed E-state index contributed by atoms with van der Waals surface area (Å²) in [6, 6.07) is 1.51. The topological polar surface area (TPSA) is 95.1 Å². The number of rotatable bonds is 4. The Morgan fingerprint density at radius 3 is 2.57 bits per heavy atom. The first-order chi connectivity index (χ1) is 14.0. The van der Waals surface area contributed by atoms with Gasteiger partial charge in [-0.1, -0.05) is 0 Å². The lowest BCUT2D eigenvalue weighted by Crippen LogP contribution is -2.45. The monoisotopic (exact) mass is 429 g/mol. The molecular formula is C19H26F3N5O3. The zero-order valence-corrected chi connectivity index (χ0v) is 17.3. The van der Waals surface area contributed by atoms with Crippen molar-refractivity contribution in [3.05, 3.63) is 29.6 Å². The summed E-state index contributed by atoms with van der Waals surface area (Å²) < 4.78 is 45.1. The Labute approximate surface area is 172 Å². The number of ether oxygens (including phenoxy) is 1. The number of carbonyl (C=O) groups excluding carboxylic acids is 2. The Hall–Kier alpha value is -2.98. The van der Waals surface area contributed by atoms with Gasteiger partial charge in [-0.2, -0.15) is 0 Å². The number of guanidine groups is 1.